The number of ether oxygens (including phenoxy) is 2. The molecule has 0 saturated heterocycles. The minimum atomic E-state index is -0.628. The smallest absolute Gasteiger partial charge is 0.286 e. The number of thiazole rings is 1. The van der Waals surface area contributed by atoms with Gasteiger partial charge in [0.05, 0.1) is 43.6 Å². The van der Waals surface area contributed by atoms with Gasteiger partial charge >= 0.3 is 0 Å². The molecule has 1 aliphatic heterocycles. The monoisotopic (exact) mass is 470 g/mol. The van der Waals surface area contributed by atoms with Crippen LogP contribution in [0.15, 0.2) is 30.7 Å². The molecule has 0 aliphatic carbocycles. The van der Waals surface area contributed by atoms with Crippen LogP contribution in [0, 0.1) is 10.1 Å². The van der Waals surface area contributed by atoms with Gasteiger partial charge in [-0.3, -0.25) is 30.0 Å². The number of anilines is 1. The number of fused-ring (bicyclic) bond motifs is 1. The van der Waals surface area contributed by atoms with Crippen molar-refractivity contribution in [2.24, 2.45) is 0 Å². The number of rotatable bonds is 6. The van der Waals surface area contributed by atoms with Crippen molar-refractivity contribution in [3.05, 3.63) is 62.7 Å². The lowest BCUT2D eigenvalue weighted by molar-refractivity contribution is -0.385. The van der Waals surface area contributed by atoms with Crippen molar-refractivity contribution < 1.29 is 24.0 Å². The summed E-state index contributed by atoms with van der Waals surface area (Å²) < 4.78 is 10.3. The van der Waals surface area contributed by atoms with Gasteiger partial charge in [0.15, 0.2) is 16.6 Å². The first-order chi connectivity index (χ1) is 15.9. The van der Waals surface area contributed by atoms with E-state index in [0.29, 0.717) is 18.1 Å². The molecule has 3 aromatic rings. The Morgan fingerprint density at radius 2 is 1.97 bits per heavy atom. The highest BCUT2D eigenvalue weighted by molar-refractivity contribution is 7.15. The molecule has 0 fully saturated rings. The minimum absolute atomic E-state index is 0.0956. The Hall–Kier alpha value is -4.13. The third-order valence-corrected chi connectivity index (χ3v) is 5.96. The van der Waals surface area contributed by atoms with Gasteiger partial charge in [-0.2, -0.15) is 0 Å². The van der Waals surface area contributed by atoms with Gasteiger partial charge in [0.2, 0.25) is 0 Å². The lowest BCUT2D eigenvalue weighted by Gasteiger charge is -2.26. The first-order valence-corrected chi connectivity index (χ1v) is 10.5. The van der Waals surface area contributed by atoms with Crippen molar-refractivity contribution in [1.82, 2.24) is 19.9 Å². The van der Waals surface area contributed by atoms with E-state index in [1.54, 1.807) is 0 Å². The van der Waals surface area contributed by atoms with E-state index >= 15 is 0 Å². The number of nitrogens with zero attached hydrogens (tertiary/aromatic N) is 5. The molecule has 4 rings (SSSR count). The highest BCUT2D eigenvalue weighted by Gasteiger charge is 2.31. The first-order valence-electron chi connectivity index (χ1n) is 9.67. The number of nitro groups is 1. The van der Waals surface area contributed by atoms with E-state index < -0.39 is 16.7 Å². The second-order valence-corrected chi connectivity index (χ2v) is 7.98. The summed E-state index contributed by atoms with van der Waals surface area (Å²) in [5.41, 5.74) is 0.454. The molecule has 1 aromatic carbocycles. The number of benzene rings is 1. The zero-order chi connectivity index (χ0) is 23.5. The van der Waals surface area contributed by atoms with E-state index in [-0.39, 0.29) is 35.0 Å². The molecule has 0 spiro atoms. The Balaban J connectivity index is 1.55. The van der Waals surface area contributed by atoms with Gasteiger partial charge < -0.3 is 14.4 Å². The highest BCUT2D eigenvalue weighted by atomic mass is 32.1. The topological polar surface area (TPSA) is 150 Å². The normalized spacial score (nSPS) is 12.6. The Morgan fingerprint density at radius 3 is 2.64 bits per heavy atom. The van der Waals surface area contributed by atoms with E-state index in [1.807, 2.05) is 0 Å². The Bertz CT molecular complexity index is 1230. The fourth-order valence-corrected chi connectivity index (χ4v) is 4.38. The molecular weight excluding hydrogens is 452 g/mol. The summed E-state index contributed by atoms with van der Waals surface area (Å²) in [6.45, 7) is 0.525. The molecule has 1 aliphatic rings. The molecule has 170 valence electrons. The van der Waals surface area contributed by atoms with Crippen LogP contribution in [-0.2, 0) is 13.0 Å². The summed E-state index contributed by atoms with van der Waals surface area (Å²) >= 11 is 1.24. The number of amides is 2. The summed E-state index contributed by atoms with van der Waals surface area (Å²) in [4.78, 5) is 51.0. The quantitative estimate of drug-likeness (QED) is 0.423. The lowest BCUT2D eigenvalue weighted by atomic mass is 10.1. The summed E-state index contributed by atoms with van der Waals surface area (Å²) in [5.74, 6) is -0.571. The fourth-order valence-electron chi connectivity index (χ4n) is 3.36. The number of hydrogen-bond donors (Lipinski definition) is 1. The zero-order valence-electron chi connectivity index (χ0n) is 17.6. The van der Waals surface area contributed by atoms with Crippen LogP contribution in [0.4, 0.5) is 10.8 Å². The number of nitro benzene ring substituents is 1. The number of carbonyl (C=O) groups is 2. The number of carbonyl (C=O) groups excluding carboxylic acids is 2. The van der Waals surface area contributed by atoms with Crippen LogP contribution in [0.3, 0.4) is 0 Å². The van der Waals surface area contributed by atoms with Gasteiger partial charge in [0.25, 0.3) is 17.5 Å². The number of aromatic nitrogens is 3. The summed E-state index contributed by atoms with van der Waals surface area (Å²) in [6.07, 6.45) is 4.67. The van der Waals surface area contributed by atoms with Crippen molar-refractivity contribution in [1.29, 1.82) is 0 Å². The molecule has 3 heterocycles. The first kappa shape index (κ1) is 22.1. The maximum absolute atomic E-state index is 13.2. The summed E-state index contributed by atoms with van der Waals surface area (Å²) in [7, 11) is 2.75. The van der Waals surface area contributed by atoms with Crippen LogP contribution in [0.1, 0.15) is 31.4 Å². The lowest BCUT2D eigenvalue weighted by Crippen LogP contribution is -2.35. The second kappa shape index (κ2) is 9.16. The predicted octanol–water partition coefficient (Wildman–Crippen LogP) is 2.31. The predicted molar refractivity (Wildman–Crippen MR) is 117 cm³/mol. The maximum atomic E-state index is 13.2. The third-order valence-electron chi connectivity index (χ3n) is 4.96. The average Bonchev–Trinajstić information content (AvgIpc) is 3.24. The van der Waals surface area contributed by atoms with Crippen LogP contribution in [-0.4, -0.2) is 57.4 Å². The molecule has 33 heavy (non-hydrogen) atoms. The van der Waals surface area contributed by atoms with E-state index in [4.69, 9.17) is 9.47 Å². The van der Waals surface area contributed by atoms with Crippen LogP contribution in [0.5, 0.6) is 11.5 Å². The van der Waals surface area contributed by atoms with Crippen LogP contribution < -0.4 is 14.8 Å². The van der Waals surface area contributed by atoms with E-state index in [9.17, 15) is 19.7 Å². The fraction of sp³-hybridized carbons (Fsp3) is 0.250. The standard InChI is InChI=1S/C20H18N6O6S/c1-31-15-7-11(14(26(29)30)8-16(15)32-2)19(28)25-6-3-12-17(10-25)33-20(23-12)24-18(27)13-9-21-4-5-22-13/h4-5,7-9H,3,6,10H2,1-2H3,(H,23,24,27). The number of nitrogens with one attached hydrogen (secondary N) is 1. The molecule has 12 nitrogen and oxygen atoms in total. The zero-order valence-corrected chi connectivity index (χ0v) is 18.4. The van der Waals surface area contributed by atoms with Gasteiger partial charge in [-0.15, -0.1) is 0 Å². The molecule has 0 atom stereocenters. The van der Waals surface area contributed by atoms with Gasteiger partial charge in [0, 0.05) is 36.3 Å². The summed E-state index contributed by atoms with van der Waals surface area (Å²) in [6, 6.07) is 2.49. The van der Waals surface area contributed by atoms with E-state index in [2.05, 4.69) is 20.3 Å². The van der Waals surface area contributed by atoms with Gasteiger partial charge in [-0.1, -0.05) is 11.3 Å². The van der Waals surface area contributed by atoms with Gasteiger partial charge in [0.1, 0.15) is 11.3 Å². The number of hydrogen-bond acceptors (Lipinski definition) is 10. The van der Waals surface area contributed by atoms with Crippen molar-refractivity contribution in [3.8, 4) is 11.5 Å². The molecule has 1 N–H and O–H groups in total. The number of methoxy groups -OCH3 is 2. The van der Waals surface area contributed by atoms with Crippen molar-refractivity contribution >= 4 is 34.0 Å². The van der Waals surface area contributed by atoms with Crippen LogP contribution >= 0.6 is 11.3 Å². The van der Waals surface area contributed by atoms with E-state index in [0.717, 1.165) is 10.6 Å². The Kier molecular flexibility index (Phi) is 6.13. The average molecular weight is 470 g/mol. The molecule has 2 amide bonds. The molecule has 0 bridgehead atoms. The molecule has 2 aromatic heterocycles. The van der Waals surface area contributed by atoms with Crippen molar-refractivity contribution in [2.75, 3.05) is 26.1 Å². The van der Waals surface area contributed by atoms with Gasteiger partial charge in [-0.25, -0.2) is 9.97 Å². The second-order valence-electron chi connectivity index (χ2n) is 6.89. The molecule has 0 radical (unpaired) electrons. The van der Waals surface area contributed by atoms with Crippen molar-refractivity contribution in [2.45, 2.75) is 13.0 Å². The maximum Gasteiger partial charge on any atom is 0.286 e. The third kappa shape index (κ3) is 4.43. The van der Waals surface area contributed by atoms with Crippen LogP contribution in [0.25, 0.3) is 0 Å². The Labute approximate surface area is 191 Å². The van der Waals surface area contributed by atoms with Crippen molar-refractivity contribution in [3.63, 3.8) is 0 Å². The summed E-state index contributed by atoms with van der Waals surface area (Å²) in [5, 5.41) is 14.6. The molecule has 13 heteroatoms. The van der Waals surface area contributed by atoms with Gasteiger partial charge in [-0.05, 0) is 0 Å². The minimum Gasteiger partial charge on any atom is -0.493 e. The van der Waals surface area contributed by atoms with Crippen LogP contribution in [0.2, 0.25) is 0 Å². The largest absolute Gasteiger partial charge is 0.493 e. The SMILES string of the molecule is COc1cc(C(=O)N2CCc3nc(NC(=O)c4cnccn4)sc3C2)c([N+](=O)[O-])cc1OC. The van der Waals surface area contributed by atoms with E-state index in [1.165, 1.54) is 61.2 Å². The molecule has 0 unspecified atom stereocenters. The highest BCUT2D eigenvalue weighted by Crippen LogP contribution is 2.36. The Morgan fingerprint density at radius 1 is 1.21 bits per heavy atom. The molecule has 0 saturated carbocycles. The molecular formula is C20H18N6O6S.